The van der Waals surface area contributed by atoms with Gasteiger partial charge in [-0.15, -0.1) is 0 Å². The summed E-state index contributed by atoms with van der Waals surface area (Å²) in [7, 11) is 0. The molecule has 0 N–H and O–H groups in total. The van der Waals surface area contributed by atoms with Crippen LogP contribution in [0.2, 0.25) is 0 Å². The fraction of sp³-hybridized carbons (Fsp3) is 0.231. The molecule has 0 aliphatic carbocycles. The first-order chi connectivity index (χ1) is 7.72. The summed E-state index contributed by atoms with van der Waals surface area (Å²) >= 11 is 0. The van der Waals surface area contributed by atoms with Gasteiger partial charge in [0.2, 0.25) is 0 Å². The minimum Gasteiger partial charge on any atom is -0.462 e. The Kier molecular flexibility index (Phi) is 2.86. The van der Waals surface area contributed by atoms with Crippen molar-refractivity contribution >= 4 is 16.9 Å². The fourth-order valence-electron chi connectivity index (χ4n) is 1.62. The van der Waals surface area contributed by atoms with E-state index in [1.165, 1.54) is 0 Å². The molecular formula is C13H13NO2. The average molecular weight is 215 g/mol. The second-order valence-corrected chi connectivity index (χ2v) is 3.59. The maximum absolute atomic E-state index is 11.5. The largest absolute Gasteiger partial charge is 0.462 e. The van der Waals surface area contributed by atoms with E-state index in [1.54, 1.807) is 13.1 Å². The first kappa shape index (κ1) is 10.6. The molecule has 0 bridgehead atoms. The number of pyridine rings is 1. The highest BCUT2D eigenvalue weighted by Crippen LogP contribution is 2.17. The van der Waals surface area contributed by atoms with Crippen LogP contribution >= 0.6 is 0 Å². The third kappa shape index (κ3) is 1.89. The summed E-state index contributed by atoms with van der Waals surface area (Å²) in [5, 5.41) is 0.994. The van der Waals surface area contributed by atoms with Crippen molar-refractivity contribution in [2.75, 3.05) is 6.61 Å². The number of fused-ring (bicyclic) bond motifs is 1. The van der Waals surface area contributed by atoms with Crippen LogP contribution in [-0.4, -0.2) is 17.6 Å². The van der Waals surface area contributed by atoms with Crippen molar-refractivity contribution in [1.82, 2.24) is 4.98 Å². The number of hydrogen-bond acceptors (Lipinski definition) is 3. The van der Waals surface area contributed by atoms with Crippen molar-refractivity contribution in [1.29, 1.82) is 0 Å². The number of rotatable bonds is 2. The number of benzene rings is 1. The normalized spacial score (nSPS) is 10.4. The van der Waals surface area contributed by atoms with Gasteiger partial charge in [0.1, 0.15) is 0 Å². The lowest BCUT2D eigenvalue weighted by Crippen LogP contribution is -2.05. The number of carbonyl (C=O) groups is 1. The van der Waals surface area contributed by atoms with Crippen LogP contribution in [0.1, 0.15) is 22.8 Å². The average Bonchev–Trinajstić information content (AvgIpc) is 2.29. The minimum absolute atomic E-state index is 0.319. The predicted octanol–water partition coefficient (Wildman–Crippen LogP) is 2.72. The second-order valence-electron chi connectivity index (χ2n) is 3.59. The summed E-state index contributed by atoms with van der Waals surface area (Å²) in [6, 6.07) is 7.71. The Hall–Kier alpha value is -1.90. The minimum atomic E-state index is -0.319. The summed E-state index contributed by atoms with van der Waals surface area (Å²) in [4.78, 5) is 15.8. The standard InChI is InChI=1S/C13H13NO2/c1-3-16-13(15)10-7-11-9(2)5-4-6-12(11)14-8-10/h4-8H,3H2,1-2H3. The molecule has 16 heavy (non-hydrogen) atoms. The molecule has 2 aromatic rings. The van der Waals surface area contributed by atoms with Crippen LogP contribution in [0.5, 0.6) is 0 Å². The lowest BCUT2D eigenvalue weighted by molar-refractivity contribution is 0.0526. The smallest absolute Gasteiger partial charge is 0.339 e. The number of aromatic nitrogens is 1. The van der Waals surface area contributed by atoms with Crippen LogP contribution in [0.15, 0.2) is 30.5 Å². The van der Waals surface area contributed by atoms with E-state index in [9.17, 15) is 4.79 Å². The quantitative estimate of drug-likeness (QED) is 0.723. The van der Waals surface area contributed by atoms with Gasteiger partial charge in [-0.1, -0.05) is 12.1 Å². The third-order valence-corrected chi connectivity index (χ3v) is 2.45. The first-order valence-electron chi connectivity index (χ1n) is 5.25. The molecule has 2 rings (SSSR count). The van der Waals surface area contributed by atoms with Crippen molar-refractivity contribution < 1.29 is 9.53 Å². The van der Waals surface area contributed by atoms with Gasteiger partial charge < -0.3 is 4.74 Å². The molecule has 82 valence electrons. The molecule has 1 aromatic heterocycles. The molecule has 0 saturated heterocycles. The Morgan fingerprint density at radius 3 is 3.00 bits per heavy atom. The highest BCUT2D eigenvalue weighted by atomic mass is 16.5. The molecule has 0 saturated carbocycles. The van der Waals surface area contributed by atoms with E-state index in [2.05, 4.69) is 4.98 Å². The molecule has 0 aliphatic rings. The van der Waals surface area contributed by atoms with Gasteiger partial charge in [-0.2, -0.15) is 0 Å². The van der Waals surface area contributed by atoms with Crippen LogP contribution in [0, 0.1) is 6.92 Å². The molecule has 0 unspecified atom stereocenters. The SMILES string of the molecule is CCOC(=O)c1cnc2cccc(C)c2c1. The molecule has 0 fully saturated rings. The van der Waals surface area contributed by atoms with Crippen LogP contribution in [-0.2, 0) is 4.74 Å². The lowest BCUT2D eigenvalue weighted by atomic mass is 10.1. The number of aryl methyl sites for hydroxylation is 1. The number of carbonyl (C=O) groups excluding carboxylic acids is 1. The van der Waals surface area contributed by atoms with Crippen molar-refractivity contribution in [3.63, 3.8) is 0 Å². The summed E-state index contributed by atoms with van der Waals surface area (Å²) < 4.78 is 4.94. The van der Waals surface area contributed by atoms with Gasteiger partial charge in [-0.3, -0.25) is 4.98 Å². The van der Waals surface area contributed by atoms with Crippen molar-refractivity contribution in [2.45, 2.75) is 13.8 Å². The second kappa shape index (κ2) is 4.31. The van der Waals surface area contributed by atoms with Gasteiger partial charge in [-0.05, 0) is 31.5 Å². The fourth-order valence-corrected chi connectivity index (χ4v) is 1.62. The molecule has 0 aliphatic heterocycles. The van der Waals surface area contributed by atoms with Gasteiger partial charge in [-0.25, -0.2) is 4.79 Å². The topological polar surface area (TPSA) is 39.2 Å². The molecular weight excluding hydrogens is 202 g/mol. The maximum Gasteiger partial charge on any atom is 0.339 e. The van der Waals surface area contributed by atoms with Crippen LogP contribution in [0.25, 0.3) is 10.9 Å². The van der Waals surface area contributed by atoms with Gasteiger partial charge in [0.15, 0.2) is 0 Å². The zero-order valence-electron chi connectivity index (χ0n) is 9.36. The summed E-state index contributed by atoms with van der Waals surface area (Å²) in [6.07, 6.45) is 1.56. The first-order valence-corrected chi connectivity index (χ1v) is 5.25. The molecule has 3 nitrogen and oxygen atoms in total. The number of nitrogens with zero attached hydrogens (tertiary/aromatic N) is 1. The summed E-state index contributed by atoms with van der Waals surface area (Å²) in [5.74, 6) is -0.319. The maximum atomic E-state index is 11.5. The molecule has 1 heterocycles. The van der Waals surface area contributed by atoms with Crippen LogP contribution in [0.3, 0.4) is 0 Å². The number of esters is 1. The number of ether oxygens (including phenoxy) is 1. The zero-order chi connectivity index (χ0) is 11.5. The van der Waals surface area contributed by atoms with Crippen molar-refractivity contribution in [3.8, 4) is 0 Å². The van der Waals surface area contributed by atoms with E-state index in [-0.39, 0.29) is 5.97 Å². The summed E-state index contributed by atoms with van der Waals surface area (Å²) in [5.41, 5.74) is 2.51. The Balaban J connectivity index is 2.51. The Labute approximate surface area is 94.1 Å². The van der Waals surface area contributed by atoms with E-state index in [0.717, 1.165) is 16.5 Å². The van der Waals surface area contributed by atoms with Gasteiger partial charge in [0.05, 0.1) is 17.7 Å². The molecule has 0 spiro atoms. The molecule has 1 aromatic carbocycles. The number of hydrogen-bond donors (Lipinski definition) is 0. The van der Waals surface area contributed by atoms with Crippen LogP contribution in [0.4, 0.5) is 0 Å². The van der Waals surface area contributed by atoms with Crippen LogP contribution < -0.4 is 0 Å². The molecule has 0 amide bonds. The predicted molar refractivity (Wildman–Crippen MR) is 62.4 cm³/mol. The monoisotopic (exact) mass is 215 g/mol. The Bertz CT molecular complexity index is 534. The highest BCUT2D eigenvalue weighted by Gasteiger charge is 2.08. The van der Waals surface area contributed by atoms with Gasteiger partial charge in [0, 0.05) is 11.6 Å². The van der Waals surface area contributed by atoms with E-state index in [0.29, 0.717) is 12.2 Å². The van der Waals surface area contributed by atoms with E-state index < -0.39 is 0 Å². The third-order valence-electron chi connectivity index (χ3n) is 2.45. The Morgan fingerprint density at radius 1 is 1.44 bits per heavy atom. The van der Waals surface area contributed by atoms with E-state index >= 15 is 0 Å². The lowest BCUT2D eigenvalue weighted by Gasteiger charge is -2.04. The van der Waals surface area contributed by atoms with E-state index in [4.69, 9.17) is 4.74 Å². The highest BCUT2D eigenvalue weighted by molar-refractivity contribution is 5.94. The van der Waals surface area contributed by atoms with Crippen molar-refractivity contribution in [2.24, 2.45) is 0 Å². The van der Waals surface area contributed by atoms with Gasteiger partial charge >= 0.3 is 5.97 Å². The summed E-state index contributed by atoms with van der Waals surface area (Å²) in [6.45, 7) is 4.17. The Morgan fingerprint density at radius 2 is 2.25 bits per heavy atom. The molecule has 0 radical (unpaired) electrons. The molecule has 3 heteroatoms. The van der Waals surface area contributed by atoms with E-state index in [1.807, 2.05) is 31.2 Å². The zero-order valence-corrected chi connectivity index (χ0v) is 9.36. The van der Waals surface area contributed by atoms with Crippen molar-refractivity contribution in [3.05, 3.63) is 41.6 Å². The molecule has 0 atom stereocenters. The van der Waals surface area contributed by atoms with Gasteiger partial charge in [0.25, 0.3) is 0 Å².